The average Bonchev–Trinajstić information content (AvgIpc) is 3.25. The summed E-state index contributed by atoms with van der Waals surface area (Å²) in [6, 6.07) is 15.5. The monoisotopic (exact) mass is 511 g/mol. The Labute approximate surface area is 219 Å². The molecule has 2 N–H and O–H groups in total. The van der Waals surface area contributed by atoms with E-state index in [0.717, 1.165) is 6.42 Å². The maximum absolute atomic E-state index is 15.3. The smallest absolute Gasteiger partial charge is 0.264 e. The van der Waals surface area contributed by atoms with Gasteiger partial charge in [0.2, 0.25) is 0 Å². The third kappa shape index (κ3) is 4.78. The first-order valence-corrected chi connectivity index (χ1v) is 12.3. The van der Waals surface area contributed by atoms with E-state index >= 15 is 4.39 Å². The topological polar surface area (TPSA) is 123 Å². The number of ether oxygens (including phenoxy) is 1. The number of nitrogens with zero attached hydrogens (tertiary/aromatic N) is 6. The third-order valence-corrected chi connectivity index (χ3v) is 6.37. The van der Waals surface area contributed by atoms with Crippen LogP contribution in [0.1, 0.15) is 20.3 Å². The van der Waals surface area contributed by atoms with Crippen LogP contribution in [0.3, 0.4) is 0 Å². The van der Waals surface area contributed by atoms with Crippen LogP contribution in [-0.4, -0.2) is 43.1 Å². The Balaban J connectivity index is 1.45. The molecule has 3 heterocycles. The van der Waals surface area contributed by atoms with Gasteiger partial charge < -0.3 is 15.4 Å². The molecule has 4 aromatic rings. The van der Waals surface area contributed by atoms with E-state index in [0.29, 0.717) is 41.3 Å². The molecule has 1 amide bonds. The molecular formula is C28H26FN7O2. The molecule has 1 aliphatic rings. The van der Waals surface area contributed by atoms with Crippen molar-refractivity contribution in [3.63, 3.8) is 0 Å². The van der Waals surface area contributed by atoms with Crippen LogP contribution in [0.25, 0.3) is 22.3 Å². The molecule has 5 rings (SSSR count). The molecule has 192 valence electrons. The fraction of sp³-hybridized carbons (Fsp3) is 0.250. The van der Waals surface area contributed by atoms with E-state index in [2.05, 4.69) is 15.1 Å². The van der Waals surface area contributed by atoms with E-state index in [9.17, 15) is 10.1 Å². The largest absolute Gasteiger partial charge is 0.457 e. The van der Waals surface area contributed by atoms with Gasteiger partial charge in [-0.1, -0.05) is 38.1 Å². The quantitative estimate of drug-likeness (QED) is 0.281. The lowest BCUT2D eigenvalue weighted by molar-refractivity contribution is -0.134. The van der Waals surface area contributed by atoms with Crippen molar-refractivity contribution in [2.24, 2.45) is 5.92 Å². The summed E-state index contributed by atoms with van der Waals surface area (Å²) in [7, 11) is 0. The van der Waals surface area contributed by atoms with Crippen LogP contribution in [0, 0.1) is 23.1 Å². The molecule has 10 heteroatoms. The number of nitrogens with two attached hydrogens (primary N) is 1. The SMILES string of the molecule is CC(C)/C=C(/C#N)C(=O)N1CCC1Cn1nc(-c2ccc(Oc3ccccc3)cc2F)c2c(N)ncnc21. The first kappa shape index (κ1) is 24.9. The number of nitrogen functional groups attached to an aromatic ring is 1. The van der Waals surface area contributed by atoms with Gasteiger partial charge in [-0.25, -0.2) is 19.0 Å². The first-order valence-electron chi connectivity index (χ1n) is 12.3. The molecule has 9 nitrogen and oxygen atoms in total. The number of para-hydroxylation sites is 1. The summed E-state index contributed by atoms with van der Waals surface area (Å²) in [6.07, 6.45) is 3.74. The normalized spacial score (nSPS) is 15.4. The highest BCUT2D eigenvalue weighted by atomic mass is 19.1. The number of hydrogen-bond acceptors (Lipinski definition) is 7. The van der Waals surface area contributed by atoms with Gasteiger partial charge in [-0.2, -0.15) is 10.4 Å². The molecule has 0 radical (unpaired) electrons. The number of anilines is 1. The number of fused-ring (bicyclic) bond motifs is 1. The Hall–Kier alpha value is -4.78. The molecule has 1 unspecified atom stereocenters. The lowest BCUT2D eigenvalue weighted by Crippen LogP contribution is -2.53. The fourth-order valence-electron chi connectivity index (χ4n) is 4.46. The Bertz CT molecular complexity index is 1570. The van der Waals surface area contributed by atoms with Crippen molar-refractivity contribution < 1.29 is 13.9 Å². The maximum atomic E-state index is 15.3. The number of benzene rings is 2. The number of carbonyl (C=O) groups excluding carboxylic acids is 1. The Kier molecular flexibility index (Phi) is 6.75. The molecule has 1 fully saturated rings. The highest BCUT2D eigenvalue weighted by molar-refractivity contribution is 5.99. The Morgan fingerprint density at radius 2 is 2.03 bits per heavy atom. The second kappa shape index (κ2) is 10.3. The number of amides is 1. The van der Waals surface area contributed by atoms with Gasteiger partial charge in [0.05, 0.1) is 18.0 Å². The number of nitriles is 1. The summed E-state index contributed by atoms with van der Waals surface area (Å²) >= 11 is 0. The molecule has 0 bridgehead atoms. The van der Waals surface area contributed by atoms with Crippen molar-refractivity contribution in [1.82, 2.24) is 24.6 Å². The molecular weight excluding hydrogens is 485 g/mol. The van der Waals surface area contributed by atoms with Gasteiger partial charge in [0.25, 0.3) is 5.91 Å². The summed E-state index contributed by atoms with van der Waals surface area (Å²) in [5.41, 5.74) is 7.28. The van der Waals surface area contributed by atoms with Crippen LogP contribution in [0.15, 0.2) is 66.5 Å². The molecule has 1 saturated heterocycles. The molecule has 1 atom stereocenters. The van der Waals surface area contributed by atoms with Crippen LogP contribution in [-0.2, 0) is 11.3 Å². The number of halogens is 1. The van der Waals surface area contributed by atoms with E-state index in [4.69, 9.17) is 10.5 Å². The molecule has 0 spiro atoms. The molecule has 2 aromatic carbocycles. The van der Waals surface area contributed by atoms with Gasteiger partial charge in [0.15, 0.2) is 5.65 Å². The highest BCUT2D eigenvalue weighted by Crippen LogP contribution is 2.35. The summed E-state index contributed by atoms with van der Waals surface area (Å²) in [6.45, 7) is 4.69. The number of hydrogen-bond donors (Lipinski definition) is 1. The van der Waals surface area contributed by atoms with E-state index in [1.165, 1.54) is 12.4 Å². The average molecular weight is 512 g/mol. The van der Waals surface area contributed by atoms with Crippen LogP contribution in [0.4, 0.5) is 10.2 Å². The van der Waals surface area contributed by atoms with Crippen LogP contribution in [0.2, 0.25) is 0 Å². The second-order valence-corrected chi connectivity index (χ2v) is 9.42. The second-order valence-electron chi connectivity index (χ2n) is 9.42. The van der Waals surface area contributed by atoms with Crippen molar-refractivity contribution in [2.75, 3.05) is 12.3 Å². The standard InChI is InChI=1S/C28H26FN7O2/c1-17(2)12-18(14-30)28(37)35-11-10-19(35)15-36-27-24(26(31)32-16-33-27)25(34-36)22-9-8-21(13-23(22)29)38-20-6-4-3-5-7-20/h3-9,12-13,16-17,19H,10-11,15H2,1-2H3,(H2,31,32,33)/b18-12-. The predicted molar refractivity (Wildman–Crippen MR) is 140 cm³/mol. The van der Waals surface area contributed by atoms with Crippen molar-refractivity contribution in [3.05, 3.63) is 72.3 Å². The van der Waals surface area contributed by atoms with Crippen LogP contribution < -0.4 is 10.5 Å². The molecule has 0 saturated carbocycles. The summed E-state index contributed by atoms with van der Waals surface area (Å²) in [4.78, 5) is 23.0. The van der Waals surface area contributed by atoms with E-state index in [1.54, 1.807) is 39.9 Å². The fourth-order valence-corrected chi connectivity index (χ4v) is 4.46. The van der Waals surface area contributed by atoms with Crippen molar-refractivity contribution in [2.45, 2.75) is 32.9 Å². The van der Waals surface area contributed by atoms with Crippen molar-refractivity contribution in [3.8, 4) is 28.8 Å². The maximum Gasteiger partial charge on any atom is 0.264 e. The van der Waals surface area contributed by atoms with E-state index in [1.807, 2.05) is 38.1 Å². The molecule has 0 aliphatic carbocycles. The number of likely N-dealkylation sites (tertiary alicyclic amines) is 1. The summed E-state index contributed by atoms with van der Waals surface area (Å²) < 4.78 is 22.7. The highest BCUT2D eigenvalue weighted by Gasteiger charge is 2.35. The Morgan fingerprint density at radius 1 is 1.24 bits per heavy atom. The van der Waals surface area contributed by atoms with E-state index in [-0.39, 0.29) is 34.8 Å². The van der Waals surface area contributed by atoms with Crippen molar-refractivity contribution in [1.29, 1.82) is 5.26 Å². The van der Waals surface area contributed by atoms with Crippen LogP contribution in [0.5, 0.6) is 11.5 Å². The molecule has 1 aliphatic heterocycles. The lowest BCUT2D eigenvalue weighted by Gasteiger charge is -2.40. The zero-order valence-electron chi connectivity index (χ0n) is 21.0. The van der Waals surface area contributed by atoms with Crippen molar-refractivity contribution >= 4 is 22.8 Å². The minimum atomic E-state index is -0.536. The lowest BCUT2D eigenvalue weighted by atomic mass is 10.00. The minimum absolute atomic E-state index is 0.0741. The van der Waals surface area contributed by atoms with Gasteiger partial charge in [0.1, 0.15) is 46.8 Å². The van der Waals surface area contributed by atoms with Gasteiger partial charge in [-0.15, -0.1) is 0 Å². The van der Waals surface area contributed by atoms with Gasteiger partial charge >= 0.3 is 0 Å². The first-order chi connectivity index (χ1) is 18.4. The zero-order valence-corrected chi connectivity index (χ0v) is 21.0. The molecule has 2 aromatic heterocycles. The summed E-state index contributed by atoms with van der Waals surface area (Å²) in [5.74, 6) is 0.346. The Morgan fingerprint density at radius 3 is 2.68 bits per heavy atom. The van der Waals surface area contributed by atoms with Gasteiger partial charge in [-0.05, 0) is 36.6 Å². The number of rotatable bonds is 7. The van der Waals surface area contributed by atoms with Gasteiger partial charge in [-0.3, -0.25) is 4.79 Å². The van der Waals surface area contributed by atoms with Gasteiger partial charge in [0, 0.05) is 18.2 Å². The number of allylic oxidation sites excluding steroid dienone is 1. The zero-order chi connectivity index (χ0) is 26.8. The number of carbonyl (C=O) groups is 1. The molecule has 38 heavy (non-hydrogen) atoms. The third-order valence-electron chi connectivity index (χ3n) is 6.37. The number of aromatic nitrogens is 4. The minimum Gasteiger partial charge on any atom is -0.457 e. The predicted octanol–water partition coefficient (Wildman–Crippen LogP) is 4.71. The van der Waals surface area contributed by atoms with Crippen LogP contribution >= 0.6 is 0 Å². The van der Waals surface area contributed by atoms with E-state index < -0.39 is 5.82 Å². The summed E-state index contributed by atoms with van der Waals surface area (Å²) in [5, 5.41) is 14.5.